The number of hydrogen-bond acceptors (Lipinski definition) is 5. The number of fused-ring (bicyclic) bond motifs is 1. The maximum Gasteiger partial charge on any atom is 0.329 e. The highest BCUT2D eigenvalue weighted by molar-refractivity contribution is 9.10. The van der Waals surface area contributed by atoms with Crippen LogP contribution in [0, 0.1) is 0 Å². The number of nitrogens with zero attached hydrogens (tertiary/aromatic N) is 1. The highest BCUT2D eigenvalue weighted by Crippen LogP contribution is 2.25. The molecule has 0 saturated heterocycles. The summed E-state index contributed by atoms with van der Waals surface area (Å²) in [5.74, 6) is -2.31. The van der Waals surface area contributed by atoms with Crippen LogP contribution in [0.25, 0.3) is 0 Å². The predicted molar refractivity (Wildman–Crippen MR) is 95.8 cm³/mol. The maximum atomic E-state index is 12.4. The van der Waals surface area contributed by atoms with Gasteiger partial charge in [-0.25, -0.2) is 4.79 Å². The largest absolute Gasteiger partial charge is 0.456 e. The predicted octanol–water partition coefficient (Wildman–Crippen LogP) is 2.86. The van der Waals surface area contributed by atoms with E-state index in [2.05, 4.69) is 15.9 Å². The highest BCUT2D eigenvalue weighted by Gasteiger charge is 2.41. The second kappa shape index (κ2) is 7.21. The summed E-state index contributed by atoms with van der Waals surface area (Å²) in [6, 6.07) is 12.0. The first-order valence-electron chi connectivity index (χ1n) is 7.83. The normalized spacial score (nSPS) is 14.2. The van der Waals surface area contributed by atoms with Crippen LogP contribution in [0.2, 0.25) is 0 Å². The van der Waals surface area contributed by atoms with Crippen molar-refractivity contribution in [2.45, 2.75) is 13.0 Å². The second-order valence-corrected chi connectivity index (χ2v) is 6.57. The molecule has 26 heavy (non-hydrogen) atoms. The molecule has 1 heterocycles. The fourth-order valence-electron chi connectivity index (χ4n) is 2.69. The fourth-order valence-corrected chi connectivity index (χ4v) is 3.19. The molecule has 1 aliphatic heterocycles. The SMILES string of the molecule is CC(C(=O)OCC(=O)c1ccccc1Br)N1C(=O)c2ccccc2C1=O. The number of imide groups is 1. The molecule has 0 N–H and O–H groups in total. The average Bonchev–Trinajstić information content (AvgIpc) is 2.90. The van der Waals surface area contributed by atoms with Crippen molar-refractivity contribution in [2.24, 2.45) is 0 Å². The van der Waals surface area contributed by atoms with Crippen molar-refractivity contribution in [2.75, 3.05) is 6.61 Å². The number of rotatable bonds is 5. The molecule has 0 spiro atoms. The monoisotopic (exact) mass is 415 g/mol. The zero-order valence-corrected chi connectivity index (χ0v) is 15.4. The van der Waals surface area contributed by atoms with E-state index in [4.69, 9.17) is 4.74 Å². The van der Waals surface area contributed by atoms with Gasteiger partial charge in [0.25, 0.3) is 11.8 Å². The summed E-state index contributed by atoms with van der Waals surface area (Å²) in [5, 5.41) is 0. The van der Waals surface area contributed by atoms with Gasteiger partial charge in [0.05, 0.1) is 11.1 Å². The van der Waals surface area contributed by atoms with E-state index in [1.54, 1.807) is 36.4 Å². The number of halogens is 1. The molecule has 132 valence electrons. The van der Waals surface area contributed by atoms with Crippen LogP contribution >= 0.6 is 15.9 Å². The Morgan fingerprint density at radius 1 is 1.00 bits per heavy atom. The van der Waals surface area contributed by atoms with Gasteiger partial charge in [0, 0.05) is 10.0 Å². The molecular formula is C19H14BrNO5. The molecule has 3 rings (SSSR count). The number of carbonyl (C=O) groups is 4. The van der Waals surface area contributed by atoms with Crippen molar-refractivity contribution < 1.29 is 23.9 Å². The second-order valence-electron chi connectivity index (χ2n) is 5.71. The van der Waals surface area contributed by atoms with Gasteiger partial charge in [-0.15, -0.1) is 0 Å². The van der Waals surface area contributed by atoms with E-state index < -0.39 is 30.4 Å². The summed E-state index contributed by atoms with van der Waals surface area (Å²) in [4.78, 5) is 50.0. The first-order chi connectivity index (χ1) is 12.4. The molecule has 2 amide bonds. The number of esters is 1. The summed E-state index contributed by atoms with van der Waals surface area (Å²) < 4.78 is 5.62. The van der Waals surface area contributed by atoms with Crippen LogP contribution in [0.1, 0.15) is 38.0 Å². The Bertz CT molecular complexity index is 889. The van der Waals surface area contributed by atoms with Gasteiger partial charge in [0.15, 0.2) is 6.61 Å². The minimum absolute atomic E-state index is 0.251. The minimum Gasteiger partial charge on any atom is -0.456 e. The van der Waals surface area contributed by atoms with Gasteiger partial charge in [-0.3, -0.25) is 19.3 Å². The lowest BCUT2D eigenvalue weighted by molar-refractivity contribution is -0.146. The average molecular weight is 416 g/mol. The highest BCUT2D eigenvalue weighted by atomic mass is 79.9. The van der Waals surface area contributed by atoms with E-state index in [9.17, 15) is 19.2 Å². The third-order valence-corrected chi connectivity index (χ3v) is 4.77. The molecule has 0 radical (unpaired) electrons. The molecule has 6 nitrogen and oxygen atoms in total. The van der Waals surface area contributed by atoms with Gasteiger partial charge in [0.2, 0.25) is 5.78 Å². The summed E-state index contributed by atoms with van der Waals surface area (Å²) in [5.41, 5.74) is 0.886. The minimum atomic E-state index is -1.13. The molecule has 1 unspecified atom stereocenters. The molecule has 2 aromatic carbocycles. The third-order valence-electron chi connectivity index (χ3n) is 4.07. The van der Waals surface area contributed by atoms with Gasteiger partial charge in [-0.2, -0.15) is 0 Å². The van der Waals surface area contributed by atoms with Crippen molar-refractivity contribution in [3.05, 3.63) is 69.7 Å². The zero-order chi connectivity index (χ0) is 18.8. The summed E-state index contributed by atoms with van der Waals surface area (Å²) in [6.45, 7) is 0.919. The smallest absolute Gasteiger partial charge is 0.329 e. The lowest BCUT2D eigenvalue weighted by Gasteiger charge is -2.20. The number of amides is 2. The Morgan fingerprint density at radius 3 is 2.12 bits per heavy atom. The summed E-state index contributed by atoms with van der Waals surface area (Å²) >= 11 is 3.26. The number of ether oxygens (including phenoxy) is 1. The Labute approximate surface area is 157 Å². The number of hydrogen-bond donors (Lipinski definition) is 0. The van der Waals surface area contributed by atoms with Crippen molar-refractivity contribution in [3.8, 4) is 0 Å². The molecule has 1 atom stereocenters. The van der Waals surface area contributed by atoms with Crippen LogP contribution in [0.5, 0.6) is 0 Å². The molecule has 0 bridgehead atoms. The lowest BCUT2D eigenvalue weighted by atomic mass is 10.1. The Balaban J connectivity index is 1.68. The van der Waals surface area contributed by atoms with Crippen molar-refractivity contribution in [1.29, 1.82) is 0 Å². The van der Waals surface area contributed by atoms with Crippen LogP contribution < -0.4 is 0 Å². The van der Waals surface area contributed by atoms with E-state index in [1.165, 1.54) is 19.1 Å². The summed E-state index contributed by atoms with van der Waals surface area (Å²) in [6.07, 6.45) is 0. The van der Waals surface area contributed by atoms with E-state index >= 15 is 0 Å². The third kappa shape index (κ3) is 3.17. The number of Topliss-reactive ketones (excluding diaryl/α,β-unsaturated/α-hetero) is 1. The molecular weight excluding hydrogens is 402 g/mol. The first kappa shape index (κ1) is 18.0. The number of benzene rings is 2. The van der Waals surface area contributed by atoms with Crippen molar-refractivity contribution in [3.63, 3.8) is 0 Å². The summed E-state index contributed by atoms with van der Waals surface area (Å²) in [7, 11) is 0. The van der Waals surface area contributed by atoms with Gasteiger partial charge in [-0.1, -0.05) is 46.3 Å². The van der Waals surface area contributed by atoms with Gasteiger partial charge >= 0.3 is 5.97 Å². The molecule has 1 aliphatic rings. The fraction of sp³-hybridized carbons (Fsp3) is 0.158. The standard InChI is InChI=1S/C19H14BrNO5/c1-11(21-17(23)12-6-2-3-7-13(12)18(21)24)19(25)26-10-16(22)14-8-4-5-9-15(14)20/h2-9,11H,10H2,1H3. The molecule has 2 aromatic rings. The van der Waals surface area contributed by atoms with Crippen molar-refractivity contribution >= 4 is 39.5 Å². The van der Waals surface area contributed by atoms with Crippen LogP contribution in [0.15, 0.2) is 53.0 Å². The Morgan fingerprint density at radius 2 is 1.54 bits per heavy atom. The lowest BCUT2D eigenvalue weighted by Crippen LogP contribution is -2.44. The maximum absolute atomic E-state index is 12.4. The number of ketones is 1. The van der Waals surface area contributed by atoms with Crippen LogP contribution in [-0.2, 0) is 9.53 Å². The van der Waals surface area contributed by atoms with Gasteiger partial charge in [0.1, 0.15) is 6.04 Å². The molecule has 0 saturated carbocycles. The van der Waals surface area contributed by atoms with Crippen LogP contribution in [0.3, 0.4) is 0 Å². The van der Waals surface area contributed by atoms with Crippen molar-refractivity contribution in [1.82, 2.24) is 4.90 Å². The Kier molecular flexibility index (Phi) is 4.99. The molecule has 0 fully saturated rings. The van der Waals surface area contributed by atoms with E-state index in [1.807, 2.05) is 0 Å². The van der Waals surface area contributed by atoms with Crippen LogP contribution in [0.4, 0.5) is 0 Å². The van der Waals surface area contributed by atoms with E-state index in [-0.39, 0.29) is 16.9 Å². The quantitative estimate of drug-likeness (QED) is 0.426. The number of carbonyl (C=O) groups excluding carboxylic acids is 4. The molecule has 0 aliphatic carbocycles. The van der Waals surface area contributed by atoms with E-state index in [0.29, 0.717) is 10.0 Å². The van der Waals surface area contributed by atoms with Gasteiger partial charge in [-0.05, 0) is 25.1 Å². The molecule has 7 heteroatoms. The topological polar surface area (TPSA) is 80.8 Å². The first-order valence-corrected chi connectivity index (χ1v) is 8.62. The molecule has 0 aromatic heterocycles. The van der Waals surface area contributed by atoms with Gasteiger partial charge < -0.3 is 4.74 Å². The Hall–Kier alpha value is -2.80. The van der Waals surface area contributed by atoms with Crippen LogP contribution in [-0.4, -0.2) is 41.1 Å². The zero-order valence-electron chi connectivity index (χ0n) is 13.8. The van der Waals surface area contributed by atoms with E-state index in [0.717, 1.165) is 4.90 Å².